The lowest BCUT2D eigenvalue weighted by Gasteiger charge is -2.28. The highest BCUT2D eigenvalue weighted by atomic mass is 16.3. The first-order chi connectivity index (χ1) is 24.3. The SMILES string of the molecule is c1ccc(-c2ccc(-c3ccc4ccccc4c3)cc2N(c2cccc3c2oc2ccccc23)c2cccc3c2oc2ccccc23)cc1. The molecule has 2 heterocycles. The van der Waals surface area contributed by atoms with Gasteiger partial charge in [0.15, 0.2) is 11.2 Å². The van der Waals surface area contributed by atoms with E-state index in [2.05, 4.69) is 157 Å². The molecule has 0 aliphatic rings. The molecule has 0 saturated heterocycles. The average molecular weight is 628 g/mol. The van der Waals surface area contributed by atoms with Gasteiger partial charge in [0, 0.05) is 27.1 Å². The molecule has 0 spiro atoms. The zero-order chi connectivity index (χ0) is 32.3. The summed E-state index contributed by atoms with van der Waals surface area (Å²) in [7, 11) is 0. The summed E-state index contributed by atoms with van der Waals surface area (Å²) >= 11 is 0. The molecule has 10 aromatic rings. The van der Waals surface area contributed by atoms with E-state index in [1.807, 2.05) is 24.3 Å². The Balaban J connectivity index is 1.32. The molecule has 49 heavy (non-hydrogen) atoms. The van der Waals surface area contributed by atoms with Crippen molar-refractivity contribution in [3.8, 4) is 22.3 Å². The second kappa shape index (κ2) is 11.0. The van der Waals surface area contributed by atoms with E-state index in [0.29, 0.717) is 0 Å². The van der Waals surface area contributed by atoms with Gasteiger partial charge in [-0.2, -0.15) is 0 Å². The Morgan fingerprint density at radius 1 is 0.327 bits per heavy atom. The summed E-state index contributed by atoms with van der Waals surface area (Å²) < 4.78 is 13.4. The summed E-state index contributed by atoms with van der Waals surface area (Å²) in [5.41, 5.74) is 10.8. The quantitative estimate of drug-likeness (QED) is 0.190. The van der Waals surface area contributed by atoms with Gasteiger partial charge in [-0.15, -0.1) is 0 Å². The van der Waals surface area contributed by atoms with Crippen LogP contribution in [0.1, 0.15) is 0 Å². The van der Waals surface area contributed by atoms with E-state index in [9.17, 15) is 0 Å². The second-order valence-corrected chi connectivity index (χ2v) is 12.5. The first-order valence-corrected chi connectivity index (χ1v) is 16.6. The molecule has 230 valence electrons. The van der Waals surface area contributed by atoms with Crippen LogP contribution in [0.5, 0.6) is 0 Å². The highest BCUT2D eigenvalue weighted by Gasteiger charge is 2.25. The van der Waals surface area contributed by atoms with Crippen LogP contribution < -0.4 is 4.90 Å². The van der Waals surface area contributed by atoms with Crippen LogP contribution in [0.4, 0.5) is 17.1 Å². The van der Waals surface area contributed by atoms with E-state index < -0.39 is 0 Å². The van der Waals surface area contributed by atoms with Gasteiger partial charge >= 0.3 is 0 Å². The van der Waals surface area contributed by atoms with Crippen molar-refractivity contribution < 1.29 is 8.83 Å². The van der Waals surface area contributed by atoms with E-state index in [0.717, 1.165) is 83.2 Å². The first-order valence-electron chi connectivity index (χ1n) is 16.6. The first kappa shape index (κ1) is 27.5. The molecule has 0 aliphatic carbocycles. The Hall–Kier alpha value is -6.58. The predicted molar refractivity (Wildman–Crippen MR) is 204 cm³/mol. The van der Waals surface area contributed by atoms with Gasteiger partial charge in [-0.1, -0.05) is 140 Å². The van der Waals surface area contributed by atoms with Gasteiger partial charge in [-0.3, -0.25) is 0 Å². The van der Waals surface area contributed by atoms with Crippen molar-refractivity contribution in [2.75, 3.05) is 4.90 Å². The van der Waals surface area contributed by atoms with Gasteiger partial charge in [-0.25, -0.2) is 0 Å². The lowest BCUT2D eigenvalue weighted by Crippen LogP contribution is -2.12. The standard InChI is InChI=1S/C46H29NO2/c1-2-13-31(14-3-1)35-27-26-34(33-25-24-30-12-4-5-15-32(30)28-33)29-42(35)47(40-20-10-18-38-36-16-6-8-22-43(36)48-45(38)40)41-21-11-19-39-37-17-7-9-23-44(37)49-46(39)41/h1-29H. The number of para-hydroxylation sites is 4. The molecule has 0 bridgehead atoms. The molecule has 0 aliphatic heterocycles. The zero-order valence-electron chi connectivity index (χ0n) is 26.5. The third-order valence-corrected chi connectivity index (χ3v) is 9.66. The summed E-state index contributed by atoms with van der Waals surface area (Å²) in [4.78, 5) is 2.34. The fourth-order valence-electron chi connectivity index (χ4n) is 7.33. The van der Waals surface area contributed by atoms with Gasteiger partial charge in [-0.05, 0) is 63.9 Å². The molecule has 0 saturated carbocycles. The second-order valence-electron chi connectivity index (χ2n) is 12.5. The zero-order valence-corrected chi connectivity index (χ0v) is 26.5. The summed E-state index contributed by atoms with van der Waals surface area (Å²) in [6, 6.07) is 62.0. The van der Waals surface area contributed by atoms with Gasteiger partial charge in [0.2, 0.25) is 0 Å². The topological polar surface area (TPSA) is 29.5 Å². The van der Waals surface area contributed by atoms with Crippen molar-refractivity contribution in [1.29, 1.82) is 0 Å². The molecular formula is C46H29NO2. The highest BCUT2D eigenvalue weighted by Crippen LogP contribution is 2.49. The Kier molecular flexibility index (Phi) is 6.18. The van der Waals surface area contributed by atoms with Crippen molar-refractivity contribution in [3.63, 3.8) is 0 Å². The lowest BCUT2D eigenvalue weighted by atomic mass is 9.95. The van der Waals surface area contributed by atoms with Crippen molar-refractivity contribution >= 4 is 71.7 Å². The fourth-order valence-corrected chi connectivity index (χ4v) is 7.33. The minimum atomic E-state index is 0.826. The molecule has 2 aromatic heterocycles. The molecule has 0 radical (unpaired) electrons. The highest BCUT2D eigenvalue weighted by molar-refractivity contribution is 6.14. The van der Waals surface area contributed by atoms with Crippen LogP contribution in [0.25, 0.3) is 76.9 Å². The van der Waals surface area contributed by atoms with Crippen LogP contribution >= 0.6 is 0 Å². The van der Waals surface area contributed by atoms with Crippen LogP contribution in [0, 0.1) is 0 Å². The van der Waals surface area contributed by atoms with E-state index in [4.69, 9.17) is 8.83 Å². The predicted octanol–water partition coefficient (Wildman–Crippen LogP) is 13.4. The van der Waals surface area contributed by atoms with Crippen LogP contribution in [-0.4, -0.2) is 0 Å². The minimum absolute atomic E-state index is 0.826. The number of rotatable bonds is 5. The Labute approximate surface area is 282 Å². The van der Waals surface area contributed by atoms with Gasteiger partial charge in [0.05, 0.1) is 17.1 Å². The molecule has 0 amide bonds. The van der Waals surface area contributed by atoms with Crippen LogP contribution in [0.15, 0.2) is 185 Å². The Bertz CT molecular complexity index is 2730. The number of hydrogen-bond donors (Lipinski definition) is 0. The summed E-state index contributed by atoms with van der Waals surface area (Å²) in [6.07, 6.45) is 0. The largest absolute Gasteiger partial charge is 0.454 e. The van der Waals surface area contributed by atoms with Gasteiger partial charge < -0.3 is 13.7 Å². The van der Waals surface area contributed by atoms with Gasteiger partial charge in [0.1, 0.15) is 11.2 Å². The van der Waals surface area contributed by atoms with E-state index in [1.165, 1.54) is 10.8 Å². The molecule has 0 fully saturated rings. The summed E-state index contributed by atoms with van der Waals surface area (Å²) in [6.45, 7) is 0. The Morgan fingerprint density at radius 2 is 0.857 bits per heavy atom. The maximum atomic E-state index is 6.71. The fraction of sp³-hybridized carbons (Fsp3) is 0. The molecule has 0 atom stereocenters. The number of nitrogens with zero attached hydrogens (tertiary/aromatic N) is 1. The molecule has 0 unspecified atom stereocenters. The summed E-state index contributed by atoms with van der Waals surface area (Å²) in [5, 5.41) is 6.76. The maximum Gasteiger partial charge on any atom is 0.159 e. The van der Waals surface area contributed by atoms with E-state index in [-0.39, 0.29) is 0 Å². The van der Waals surface area contributed by atoms with Crippen LogP contribution in [0.3, 0.4) is 0 Å². The number of hydrogen-bond acceptors (Lipinski definition) is 3. The van der Waals surface area contributed by atoms with E-state index >= 15 is 0 Å². The van der Waals surface area contributed by atoms with E-state index in [1.54, 1.807) is 0 Å². The minimum Gasteiger partial charge on any atom is -0.454 e. The molecule has 3 heteroatoms. The van der Waals surface area contributed by atoms with Crippen molar-refractivity contribution in [2.24, 2.45) is 0 Å². The molecule has 0 N–H and O–H groups in total. The van der Waals surface area contributed by atoms with Gasteiger partial charge in [0.25, 0.3) is 0 Å². The van der Waals surface area contributed by atoms with Crippen molar-refractivity contribution in [3.05, 3.63) is 176 Å². The third-order valence-electron chi connectivity index (χ3n) is 9.66. The molecular weight excluding hydrogens is 599 g/mol. The number of anilines is 3. The molecule has 10 rings (SSSR count). The lowest BCUT2D eigenvalue weighted by molar-refractivity contribution is 0.666. The van der Waals surface area contributed by atoms with Crippen LogP contribution in [-0.2, 0) is 0 Å². The average Bonchev–Trinajstić information content (AvgIpc) is 3.75. The summed E-state index contributed by atoms with van der Waals surface area (Å²) in [5.74, 6) is 0. The monoisotopic (exact) mass is 627 g/mol. The maximum absolute atomic E-state index is 6.71. The number of benzene rings is 8. The number of furan rings is 2. The molecule has 3 nitrogen and oxygen atoms in total. The van der Waals surface area contributed by atoms with Crippen molar-refractivity contribution in [1.82, 2.24) is 0 Å². The molecule has 8 aromatic carbocycles. The van der Waals surface area contributed by atoms with Crippen LogP contribution in [0.2, 0.25) is 0 Å². The third kappa shape index (κ3) is 4.44. The normalized spacial score (nSPS) is 11.7. The van der Waals surface area contributed by atoms with Crippen molar-refractivity contribution in [2.45, 2.75) is 0 Å². The Morgan fingerprint density at radius 3 is 1.53 bits per heavy atom. The number of fused-ring (bicyclic) bond motifs is 7. The smallest absolute Gasteiger partial charge is 0.159 e.